The van der Waals surface area contributed by atoms with Crippen molar-refractivity contribution >= 4 is 54.6 Å². The van der Waals surface area contributed by atoms with E-state index in [1.54, 1.807) is 0 Å². The molecule has 0 aliphatic heterocycles. The van der Waals surface area contributed by atoms with Crippen LogP contribution in [0.1, 0.15) is 159 Å². The molecular weight excluding hydrogens is 1480 g/mol. The number of unbranched alkanes of at least 4 members (excludes halogenated alkanes) is 2. The number of benzene rings is 12. The smallest absolute Gasteiger partial charge is 0.126 e. The molecule has 0 spiro atoms. The molecule has 1 aliphatic rings. The summed E-state index contributed by atoms with van der Waals surface area (Å²) in [7, 11) is 0. The molecule has 0 atom stereocenters. The van der Waals surface area contributed by atoms with E-state index in [4.69, 9.17) is 9.47 Å². The Morgan fingerprint density at radius 1 is 0.273 bits per heavy atom. The third-order valence-electron chi connectivity index (χ3n) is 21.8. The minimum atomic E-state index is 0.239. The number of hydrogen-bond acceptors (Lipinski definition) is 8. The molecule has 1 aliphatic carbocycles. The Labute approximate surface area is 671 Å². The molecule has 13 rings (SSSR count). The first-order valence-electron chi connectivity index (χ1n) is 39.3. The van der Waals surface area contributed by atoms with Gasteiger partial charge in [-0.1, -0.05) is 248 Å². The van der Waals surface area contributed by atoms with Gasteiger partial charge < -0.3 is 39.3 Å². The number of anilines is 4. The van der Waals surface area contributed by atoms with Gasteiger partial charge >= 0.3 is 0 Å². The standard InChI is InChI=1S/C100H106Br2N4O4/c1-69-33-37-81(73(5)45-69)65-104(63-79-29-17-11-18-30-79)95-57-89-49-85-53-93(103(61-77-25-13-9-14-26-77)62-78-27-15-10-16-28-78)54-86(97(85)107)50-90-58-96(105(64-80-31-19-12-20-32-80)66-82-38-34-70(2)46-74(82)6)60-92(100(90)110-44-24-22-42-102)52-88-56-94(55-87(98(88)108)51-91(59-95)99(89)109-43-23-21-41-101)106(67-83-39-35-71(3)47-75(83)7)68-84-40-36-72(4)48-76(84)8/h9-20,25-40,45-48,53-60,107-108H,21-24,41-44,49-52,61-68H2,1-8H3. The first-order valence-corrected chi connectivity index (χ1v) is 41.5. The van der Waals surface area contributed by atoms with Crippen LogP contribution in [0.25, 0.3) is 0 Å². The van der Waals surface area contributed by atoms with E-state index in [0.29, 0.717) is 91.3 Å². The van der Waals surface area contributed by atoms with Crippen molar-refractivity contribution in [3.05, 3.63) is 376 Å². The van der Waals surface area contributed by atoms with Gasteiger partial charge in [0.1, 0.15) is 23.0 Å². The van der Waals surface area contributed by atoms with Crippen LogP contribution in [-0.2, 0) is 78.0 Å². The summed E-state index contributed by atoms with van der Waals surface area (Å²) in [5.41, 5.74) is 30.5. The van der Waals surface area contributed by atoms with Gasteiger partial charge in [0.05, 0.1) is 13.2 Å². The molecule has 0 heterocycles. The summed E-state index contributed by atoms with van der Waals surface area (Å²) in [6.45, 7) is 23.6. The first-order chi connectivity index (χ1) is 53.5. The molecule has 12 aromatic rings. The number of ether oxygens (including phenoxy) is 2. The van der Waals surface area contributed by atoms with Crippen LogP contribution in [0.4, 0.5) is 22.7 Å². The molecule has 0 amide bonds. The van der Waals surface area contributed by atoms with Crippen LogP contribution in [0.15, 0.2) is 243 Å². The summed E-state index contributed by atoms with van der Waals surface area (Å²) in [5.74, 6) is 2.01. The number of alkyl halides is 2. The van der Waals surface area contributed by atoms with E-state index in [1.165, 1.54) is 89.0 Å². The SMILES string of the molecule is Cc1ccc(CN(Cc2ccccc2)c2cc3c(OCCCCBr)c(c2)Cc2cc(N(Cc4ccc(C)cc4C)Cc4ccc(C)cc4C)cc(c2O)Cc2cc(N(Cc4ccccc4)Cc4ccc(C)cc4C)cc(c2OCCCCBr)Cc2cc(N(Cc4ccccc4)Cc4ccccc4)cc(c2O)C3)c(C)c1. The third kappa shape index (κ3) is 20.1. The number of phenols is 2. The molecule has 8 bridgehead atoms. The molecule has 0 aromatic heterocycles. The lowest BCUT2D eigenvalue weighted by Crippen LogP contribution is -2.24. The summed E-state index contributed by atoms with van der Waals surface area (Å²) in [6.07, 6.45) is 4.80. The van der Waals surface area contributed by atoms with Crippen LogP contribution < -0.4 is 29.1 Å². The topological polar surface area (TPSA) is 71.9 Å². The fourth-order valence-corrected chi connectivity index (χ4v) is 16.6. The molecular formula is C100H106Br2N4O4. The maximum absolute atomic E-state index is 14.0. The predicted molar refractivity (Wildman–Crippen MR) is 466 cm³/mol. The van der Waals surface area contributed by atoms with Crippen molar-refractivity contribution in [1.29, 1.82) is 0 Å². The highest BCUT2D eigenvalue weighted by atomic mass is 79.9. The molecule has 10 heteroatoms. The van der Waals surface area contributed by atoms with Crippen LogP contribution in [0, 0.1) is 55.4 Å². The minimum Gasteiger partial charge on any atom is -0.507 e. The number of halogens is 2. The maximum atomic E-state index is 14.0. The lowest BCUT2D eigenvalue weighted by Gasteiger charge is -2.31. The lowest BCUT2D eigenvalue weighted by atomic mass is 9.89. The van der Waals surface area contributed by atoms with Crippen LogP contribution in [0.3, 0.4) is 0 Å². The van der Waals surface area contributed by atoms with E-state index in [1.807, 2.05) is 0 Å². The number of rotatable bonds is 30. The number of phenolic OH excluding ortho intramolecular Hbond substituents is 2. The number of aryl methyl sites for hydroxylation is 8. The Kier molecular flexibility index (Phi) is 26.4. The lowest BCUT2D eigenvalue weighted by molar-refractivity contribution is 0.304. The Morgan fingerprint density at radius 3 is 0.736 bits per heavy atom. The average molecular weight is 1590 g/mol. The van der Waals surface area contributed by atoms with Crippen LogP contribution in [-0.4, -0.2) is 34.1 Å². The Bertz CT molecular complexity index is 4800. The zero-order valence-electron chi connectivity index (χ0n) is 65.5. The molecule has 0 unspecified atom stereocenters. The number of hydrogen-bond donors (Lipinski definition) is 2. The first kappa shape index (κ1) is 78.1. The molecule has 2 N–H and O–H groups in total. The van der Waals surface area contributed by atoms with Gasteiger partial charge in [-0.3, -0.25) is 0 Å². The second-order valence-corrected chi connectivity index (χ2v) is 32.3. The van der Waals surface area contributed by atoms with Crippen LogP contribution >= 0.6 is 31.9 Å². The Morgan fingerprint density at radius 2 is 0.500 bits per heavy atom. The highest BCUT2D eigenvalue weighted by Gasteiger charge is 2.28. The monoisotopic (exact) mass is 1580 g/mol. The highest BCUT2D eigenvalue weighted by Crippen LogP contribution is 2.45. The van der Waals surface area contributed by atoms with Gasteiger partial charge in [-0.05, 0) is 196 Å². The van der Waals surface area contributed by atoms with E-state index in [2.05, 4.69) is 350 Å². The average Bonchev–Trinajstić information content (AvgIpc) is 0.748. The summed E-state index contributed by atoms with van der Waals surface area (Å²) < 4.78 is 14.9. The zero-order valence-corrected chi connectivity index (χ0v) is 68.7. The van der Waals surface area contributed by atoms with E-state index in [9.17, 15) is 10.2 Å². The summed E-state index contributed by atoms with van der Waals surface area (Å²) in [5, 5.41) is 29.7. The molecule has 8 nitrogen and oxygen atoms in total. The minimum absolute atomic E-state index is 0.239. The molecule has 0 fully saturated rings. The van der Waals surface area contributed by atoms with E-state index in [0.717, 1.165) is 115 Å². The molecule has 0 radical (unpaired) electrons. The quantitative estimate of drug-likeness (QED) is 0.0341. The zero-order chi connectivity index (χ0) is 76.6. The van der Waals surface area contributed by atoms with Crippen LogP contribution in [0.5, 0.6) is 23.0 Å². The number of nitrogens with zero attached hydrogens (tertiary/aromatic N) is 4. The van der Waals surface area contributed by atoms with Gasteiger partial charge in [0.25, 0.3) is 0 Å². The summed E-state index contributed by atoms with van der Waals surface area (Å²) in [4.78, 5) is 10.0. The van der Waals surface area contributed by atoms with Gasteiger partial charge in [0.15, 0.2) is 0 Å². The van der Waals surface area contributed by atoms with Crippen molar-refractivity contribution < 1.29 is 19.7 Å². The molecule has 0 saturated heterocycles. The van der Waals surface area contributed by atoms with Crippen molar-refractivity contribution in [3.8, 4) is 23.0 Å². The Balaban J connectivity index is 1.12. The normalized spacial score (nSPS) is 11.9. The summed E-state index contributed by atoms with van der Waals surface area (Å²) >= 11 is 7.53. The van der Waals surface area contributed by atoms with Gasteiger partial charge in [-0.15, -0.1) is 0 Å². The van der Waals surface area contributed by atoms with Crippen molar-refractivity contribution in [1.82, 2.24) is 0 Å². The fourth-order valence-electron chi connectivity index (χ4n) is 15.8. The van der Waals surface area contributed by atoms with Crippen molar-refractivity contribution in [2.45, 2.75) is 159 Å². The van der Waals surface area contributed by atoms with Gasteiger partial charge in [-0.2, -0.15) is 0 Å². The van der Waals surface area contributed by atoms with E-state index >= 15 is 0 Å². The van der Waals surface area contributed by atoms with E-state index in [-0.39, 0.29) is 11.5 Å². The molecule has 564 valence electrons. The van der Waals surface area contributed by atoms with Crippen molar-refractivity contribution in [3.63, 3.8) is 0 Å². The summed E-state index contributed by atoms with van der Waals surface area (Å²) in [6, 6.07) is 88.8. The second kappa shape index (κ2) is 37.1. The molecule has 110 heavy (non-hydrogen) atoms. The predicted octanol–water partition coefficient (Wildman–Crippen LogP) is 24.2. The van der Waals surface area contributed by atoms with Gasteiger partial charge in [-0.25, -0.2) is 0 Å². The van der Waals surface area contributed by atoms with E-state index < -0.39 is 0 Å². The number of aromatic hydroxyl groups is 2. The maximum Gasteiger partial charge on any atom is 0.126 e. The molecule has 0 saturated carbocycles. The highest BCUT2D eigenvalue weighted by molar-refractivity contribution is 9.09. The van der Waals surface area contributed by atoms with Crippen molar-refractivity contribution in [2.24, 2.45) is 0 Å². The van der Waals surface area contributed by atoms with Gasteiger partial charge in [0, 0.05) is 156 Å². The fraction of sp³-hybridized carbons (Fsp3) is 0.280. The van der Waals surface area contributed by atoms with Gasteiger partial charge in [0.2, 0.25) is 0 Å². The van der Waals surface area contributed by atoms with Crippen molar-refractivity contribution in [2.75, 3.05) is 43.5 Å². The third-order valence-corrected chi connectivity index (χ3v) is 22.9. The Hall–Kier alpha value is -10.0. The number of fused-ring (bicyclic) bond motifs is 8. The van der Waals surface area contributed by atoms with Crippen LogP contribution in [0.2, 0.25) is 0 Å². The molecule has 12 aromatic carbocycles. The largest absolute Gasteiger partial charge is 0.507 e. The second-order valence-electron chi connectivity index (χ2n) is 30.7.